The standard InChI is InChI=1S/C26H32ClF2N5O2/c1-14-10-20(35)23-21(14)24(31-13-30-23)33-6-8-34(9-7-33)25(36)22(19-4-5-26(2,3)32-19)15-11-18(29)16(27)12-17(15)28/h11-14,19-20,22,32,35H,4-10H2,1-3H3/t14-,19+,20-,22+/m1/s1. The molecule has 0 saturated carbocycles. The Morgan fingerprint density at radius 2 is 1.92 bits per heavy atom. The number of aliphatic hydroxyl groups excluding tert-OH is 1. The third-order valence-corrected chi connectivity index (χ3v) is 8.16. The first-order valence-electron chi connectivity index (χ1n) is 12.5. The molecule has 3 heterocycles. The van der Waals surface area contributed by atoms with Gasteiger partial charge < -0.3 is 20.2 Å². The number of anilines is 1. The van der Waals surface area contributed by atoms with Crippen molar-refractivity contribution in [2.75, 3.05) is 31.1 Å². The molecule has 2 N–H and O–H groups in total. The van der Waals surface area contributed by atoms with Crippen LogP contribution < -0.4 is 10.2 Å². The smallest absolute Gasteiger partial charge is 0.231 e. The molecule has 0 bridgehead atoms. The van der Waals surface area contributed by atoms with Gasteiger partial charge in [-0.3, -0.25) is 4.79 Å². The Morgan fingerprint density at radius 1 is 1.19 bits per heavy atom. The first-order chi connectivity index (χ1) is 17.1. The minimum absolute atomic E-state index is 0.0379. The number of carbonyl (C=O) groups excluding carboxylic acids is 1. The second-order valence-corrected chi connectivity index (χ2v) is 11.3. The summed E-state index contributed by atoms with van der Waals surface area (Å²) in [6, 6.07) is 1.71. The van der Waals surface area contributed by atoms with E-state index in [1.807, 2.05) is 13.8 Å². The fraction of sp³-hybridized carbons (Fsp3) is 0.577. The van der Waals surface area contributed by atoms with Gasteiger partial charge in [-0.1, -0.05) is 18.5 Å². The molecule has 2 aliphatic heterocycles. The van der Waals surface area contributed by atoms with Crippen LogP contribution in [-0.2, 0) is 4.79 Å². The maximum absolute atomic E-state index is 15.0. The second kappa shape index (κ2) is 9.50. The summed E-state index contributed by atoms with van der Waals surface area (Å²) < 4.78 is 29.4. The number of aliphatic hydroxyl groups is 1. The molecule has 4 atom stereocenters. The number of fused-ring (bicyclic) bond motifs is 1. The summed E-state index contributed by atoms with van der Waals surface area (Å²) in [5, 5.41) is 13.5. The highest BCUT2D eigenvalue weighted by atomic mass is 35.5. The molecule has 10 heteroatoms. The monoisotopic (exact) mass is 519 g/mol. The number of piperazine rings is 1. The van der Waals surface area contributed by atoms with Crippen molar-refractivity contribution in [3.05, 3.63) is 51.9 Å². The van der Waals surface area contributed by atoms with E-state index in [0.29, 0.717) is 44.7 Å². The largest absolute Gasteiger partial charge is 0.387 e. The quantitative estimate of drug-likeness (QED) is 0.596. The average Bonchev–Trinajstić information content (AvgIpc) is 3.35. The van der Waals surface area contributed by atoms with Crippen LogP contribution in [0.5, 0.6) is 0 Å². The fourth-order valence-electron chi connectivity index (χ4n) is 6.00. The fourth-order valence-corrected chi connectivity index (χ4v) is 6.15. The van der Waals surface area contributed by atoms with Crippen molar-refractivity contribution in [1.82, 2.24) is 20.2 Å². The highest BCUT2D eigenvalue weighted by molar-refractivity contribution is 6.30. The number of amides is 1. The van der Waals surface area contributed by atoms with E-state index in [9.17, 15) is 14.3 Å². The van der Waals surface area contributed by atoms with Crippen LogP contribution in [0.2, 0.25) is 5.02 Å². The zero-order valence-corrected chi connectivity index (χ0v) is 21.5. The number of aromatic nitrogens is 2. The van der Waals surface area contributed by atoms with Gasteiger partial charge in [0.15, 0.2) is 0 Å². The van der Waals surface area contributed by atoms with Gasteiger partial charge in [0, 0.05) is 48.9 Å². The molecule has 0 unspecified atom stereocenters. The molecule has 1 aliphatic carbocycles. The van der Waals surface area contributed by atoms with Crippen molar-refractivity contribution in [2.45, 2.75) is 69.6 Å². The first-order valence-corrected chi connectivity index (χ1v) is 12.9. The average molecular weight is 520 g/mol. The van der Waals surface area contributed by atoms with Crippen LogP contribution in [0.3, 0.4) is 0 Å². The number of hydrogen-bond donors (Lipinski definition) is 2. The lowest BCUT2D eigenvalue weighted by Crippen LogP contribution is -2.53. The number of rotatable bonds is 4. The van der Waals surface area contributed by atoms with Crippen LogP contribution in [0.1, 0.15) is 74.8 Å². The Morgan fingerprint density at radius 3 is 2.58 bits per heavy atom. The molecule has 3 aliphatic rings. The highest BCUT2D eigenvalue weighted by Gasteiger charge is 2.42. The molecule has 5 rings (SSSR count). The van der Waals surface area contributed by atoms with Gasteiger partial charge in [0.2, 0.25) is 5.91 Å². The third-order valence-electron chi connectivity index (χ3n) is 7.87. The Bertz CT molecular complexity index is 1170. The molecule has 0 radical (unpaired) electrons. The van der Waals surface area contributed by atoms with E-state index < -0.39 is 23.7 Å². The topological polar surface area (TPSA) is 81.6 Å². The lowest BCUT2D eigenvalue weighted by molar-refractivity contribution is -0.133. The van der Waals surface area contributed by atoms with E-state index in [2.05, 4.69) is 27.1 Å². The Kier molecular flexibility index (Phi) is 6.68. The maximum Gasteiger partial charge on any atom is 0.231 e. The highest BCUT2D eigenvalue weighted by Crippen LogP contribution is 2.43. The van der Waals surface area contributed by atoms with E-state index in [1.165, 1.54) is 6.33 Å². The van der Waals surface area contributed by atoms with Gasteiger partial charge in [-0.25, -0.2) is 18.7 Å². The molecule has 7 nitrogen and oxygen atoms in total. The lowest BCUT2D eigenvalue weighted by atomic mass is 9.88. The van der Waals surface area contributed by atoms with E-state index in [4.69, 9.17) is 11.6 Å². The summed E-state index contributed by atoms with van der Waals surface area (Å²) in [5.41, 5.74) is 1.49. The van der Waals surface area contributed by atoms with Crippen LogP contribution >= 0.6 is 11.6 Å². The molecular formula is C26H32ClF2N5O2. The van der Waals surface area contributed by atoms with Crippen LogP contribution in [0, 0.1) is 11.6 Å². The number of nitrogens with one attached hydrogen (secondary N) is 1. The Balaban J connectivity index is 1.38. The van der Waals surface area contributed by atoms with Crippen LogP contribution in [0.4, 0.5) is 14.6 Å². The number of hydrogen-bond acceptors (Lipinski definition) is 6. The van der Waals surface area contributed by atoms with Crippen molar-refractivity contribution < 1.29 is 18.7 Å². The molecule has 36 heavy (non-hydrogen) atoms. The zero-order chi connectivity index (χ0) is 25.8. The SMILES string of the molecule is C[C@@H]1C[C@@H](O)c2ncnc(N3CCN(C(=O)[C@@H](c4cc(F)c(Cl)cc4F)[C@@H]4CCC(C)(C)N4)CC3)c21. The van der Waals surface area contributed by atoms with E-state index in [1.54, 1.807) is 4.90 Å². The van der Waals surface area contributed by atoms with Gasteiger partial charge in [-0.2, -0.15) is 0 Å². The molecule has 2 fully saturated rings. The molecule has 194 valence electrons. The second-order valence-electron chi connectivity index (χ2n) is 10.9. The number of carbonyl (C=O) groups is 1. The number of halogens is 3. The number of benzene rings is 1. The molecule has 1 aromatic carbocycles. The molecular weight excluding hydrogens is 488 g/mol. The van der Waals surface area contributed by atoms with Crippen molar-refractivity contribution >= 4 is 23.3 Å². The predicted molar refractivity (Wildman–Crippen MR) is 133 cm³/mol. The van der Waals surface area contributed by atoms with Crippen LogP contribution in [-0.4, -0.2) is 63.6 Å². The van der Waals surface area contributed by atoms with Crippen molar-refractivity contribution in [1.29, 1.82) is 0 Å². The van der Waals surface area contributed by atoms with Gasteiger partial charge in [0.05, 0.1) is 22.7 Å². The van der Waals surface area contributed by atoms with Crippen LogP contribution in [0.25, 0.3) is 0 Å². The van der Waals surface area contributed by atoms with Gasteiger partial charge in [0.25, 0.3) is 0 Å². The van der Waals surface area contributed by atoms with Gasteiger partial charge in [-0.15, -0.1) is 0 Å². The molecule has 0 spiro atoms. The van der Waals surface area contributed by atoms with E-state index in [0.717, 1.165) is 29.9 Å². The minimum Gasteiger partial charge on any atom is -0.387 e. The normalized spacial score (nSPS) is 26.2. The zero-order valence-electron chi connectivity index (χ0n) is 20.8. The van der Waals surface area contributed by atoms with Crippen molar-refractivity contribution in [2.24, 2.45) is 0 Å². The summed E-state index contributed by atoms with van der Waals surface area (Å²) in [5.74, 6) is -1.53. The van der Waals surface area contributed by atoms with E-state index in [-0.39, 0.29) is 34.0 Å². The minimum atomic E-state index is -0.858. The molecule has 1 amide bonds. The summed E-state index contributed by atoms with van der Waals surface area (Å²) in [4.78, 5) is 26.5. The first kappa shape index (κ1) is 25.3. The number of nitrogens with zero attached hydrogens (tertiary/aromatic N) is 4. The third kappa shape index (κ3) is 4.57. The lowest BCUT2D eigenvalue weighted by Gasteiger charge is -2.39. The van der Waals surface area contributed by atoms with Gasteiger partial charge in [0.1, 0.15) is 23.8 Å². The van der Waals surface area contributed by atoms with Crippen molar-refractivity contribution in [3.8, 4) is 0 Å². The van der Waals surface area contributed by atoms with Gasteiger partial charge in [-0.05, 0) is 51.2 Å². The summed E-state index contributed by atoms with van der Waals surface area (Å²) in [6.45, 7) is 8.10. The van der Waals surface area contributed by atoms with Gasteiger partial charge >= 0.3 is 0 Å². The van der Waals surface area contributed by atoms with Crippen molar-refractivity contribution in [3.63, 3.8) is 0 Å². The summed E-state index contributed by atoms with van der Waals surface area (Å²) >= 11 is 5.80. The van der Waals surface area contributed by atoms with E-state index >= 15 is 4.39 Å². The maximum atomic E-state index is 15.0. The Hall–Kier alpha value is -2.36. The molecule has 2 aromatic rings. The van der Waals surface area contributed by atoms with Crippen LogP contribution in [0.15, 0.2) is 18.5 Å². The molecule has 1 aromatic heterocycles. The summed E-state index contributed by atoms with van der Waals surface area (Å²) in [7, 11) is 0. The molecule has 2 saturated heterocycles. The summed E-state index contributed by atoms with van der Waals surface area (Å²) in [6.07, 6.45) is 3.03. The Labute approximate surface area is 214 Å². The predicted octanol–water partition coefficient (Wildman–Crippen LogP) is 3.91.